The van der Waals surface area contributed by atoms with E-state index in [2.05, 4.69) is 5.10 Å². The minimum atomic E-state index is -1.02. The number of nitrogens with zero attached hydrogens (tertiary/aromatic N) is 3. The first-order valence-corrected chi connectivity index (χ1v) is 6.86. The van der Waals surface area contributed by atoms with Gasteiger partial charge in [0.15, 0.2) is 0 Å². The first-order chi connectivity index (χ1) is 11.0. The maximum Gasteiger partial charge on any atom is 0.319 e. The molecule has 0 aliphatic heterocycles. The van der Waals surface area contributed by atoms with Gasteiger partial charge in [-0.25, -0.2) is 4.79 Å². The van der Waals surface area contributed by atoms with Gasteiger partial charge in [-0.15, -0.1) is 0 Å². The minimum Gasteiger partial charge on any atom is -0.351 e. The van der Waals surface area contributed by atoms with E-state index in [0.29, 0.717) is 17.1 Å². The summed E-state index contributed by atoms with van der Waals surface area (Å²) in [6, 6.07) is 8.04. The monoisotopic (exact) mass is 329 g/mol. The molecule has 7 nitrogen and oxygen atoms in total. The van der Waals surface area contributed by atoms with E-state index in [0.717, 1.165) is 5.56 Å². The Balaban J connectivity index is 2.17. The van der Waals surface area contributed by atoms with Crippen LogP contribution in [0.25, 0.3) is 6.08 Å². The number of amides is 3. The lowest BCUT2D eigenvalue weighted by molar-refractivity contribution is -0.115. The molecular weight excluding hydrogens is 318 g/mol. The molecule has 1 aromatic heterocycles. The molecular formula is C15H12ClN5O2. The molecule has 1 heterocycles. The van der Waals surface area contributed by atoms with Gasteiger partial charge in [0, 0.05) is 16.8 Å². The number of carbonyl (C=O) groups is 2. The lowest BCUT2D eigenvalue weighted by Gasteiger charge is -2.03. The van der Waals surface area contributed by atoms with Gasteiger partial charge in [-0.1, -0.05) is 29.8 Å². The molecule has 0 aliphatic carbocycles. The van der Waals surface area contributed by atoms with Gasteiger partial charge in [0.2, 0.25) is 0 Å². The van der Waals surface area contributed by atoms with E-state index in [1.807, 2.05) is 23.5 Å². The van der Waals surface area contributed by atoms with Crippen molar-refractivity contribution in [1.29, 1.82) is 5.26 Å². The molecule has 3 amide bonds. The predicted molar refractivity (Wildman–Crippen MR) is 84.1 cm³/mol. The number of urea groups is 1. The van der Waals surface area contributed by atoms with Crippen molar-refractivity contribution in [1.82, 2.24) is 15.1 Å². The van der Waals surface area contributed by atoms with E-state index < -0.39 is 11.9 Å². The summed E-state index contributed by atoms with van der Waals surface area (Å²) in [4.78, 5) is 22.2. The highest BCUT2D eigenvalue weighted by Crippen LogP contribution is 2.16. The molecule has 23 heavy (non-hydrogen) atoms. The molecule has 116 valence electrons. The van der Waals surface area contributed by atoms with E-state index in [9.17, 15) is 9.59 Å². The Morgan fingerprint density at radius 1 is 1.43 bits per heavy atom. The Bertz CT molecular complexity index is 819. The molecule has 2 rings (SSSR count). The molecule has 0 bridgehead atoms. The Labute approximate surface area is 137 Å². The summed E-state index contributed by atoms with van der Waals surface area (Å²) in [6.07, 6.45) is 4.46. The molecule has 0 fully saturated rings. The standard InChI is InChI=1S/C15H12ClN5O2/c16-13-4-2-1-3-11(13)9-21-8-10(7-19-21)5-12(6-17)14(22)20-15(18)23/h1-5,7-8H,9H2,(H3,18,20,22,23)/b12-5+. The number of carbonyl (C=O) groups excluding carboxylic acids is 2. The molecule has 8 heteroatoms. The van der Waals surface area contributed by atoms with Crippen molar-refractivity contribution in [2.75, 3.05) is 0 Å². The van der Waals surface area contributed by atoms with Crippen LogP contribution in [0.4, 0.5) is 4.79 Å². The molecule has 0 spiro atoms. The number of nitrogens with two attached hydrogens (primary N) is 1. The van der Waals surface area contributed by atoms with Crippen LogP contribution in [0.2, 0.25) is 5.02 Å². The zero-order chi connectivity index (χ0) is 16.8. The van der Waals surface area contributed by atoms with Gasteiger partial charge < -0.3 is 5.73 Å². The fourth-order valence-electron chi connectivity index (χ4n) is 1.84. The number of halogens is 1. The van der Waals surface area contributed by atoms with Crippen LogP contribution in [-0.2, 0) is 11.3 Å². The first kappa shape index (κ1) is 16.3. The summed E-state index contributed by atoms with van der Waals surface area (Å²) < 4.78 is 1.62. The van der Waals surface area contributed by atoms with Gasteiger partial charge in [-0.3, -0.25) is 14.8 Å². The molecule has 0 saturated carbocycles. The van der Waals surface area contributed by atoms with E-state index in [1.165, 1.54) is 12.3 Å². The van der Waals surface area contributed by atoms with Crippen LogP contribution < -0.4 is 11.1 Å². The second-order valence-electron chi connectivity index (χ2n) is 4.55. The van der Waals surface area contributed by atoms with Gasteiger partial charge in [-0.2, -0.15) is 10.4 Å². The number of imide groups is 1. The number of nitriles is 1. The molecule has 3 N–H and O–H groups in total. The van der Waals surface area contributed by atoms with Crippen molar-refractivity contribution < 1.29 is 9.59 Å². The number of benzene rings is 1. The van der Waals surface area contributed by atoms with Gasteiger partial charge in [0.25, 0.3) is 5.91 Å². The van der Waals surface area contributed by atoms with Crippen molar-refractivity contribution >= 4 is 29.6 Å². The fourth-order valence-corrected chi connectivity index (χ4v) is 2.03. The Morgan fingerprint density at radius 2 is 2.17 bits per heavy atom. The van der Waals surface area contributed by atoms with Gasteiger partial charge >= 0.3 is 6.03 Å². The number of rotatable bonds is 4. The van der Waals surface area contributed by atoms with Crippen LogP contribution in [0.5, 0.6) is 0 Å². The second-order valence-corrected chi connectivity index (χ2v) is 4.96. The summed E-state index contributed by atoms with van der Waals surface area (Å²) in [5, 5.41) is 15.6. The van der Waals surface area contributed by atoms with Crippen LogP contribution in [-0.4, -0.2) is 21.7 Å². The van der Waals surface area contributed by atoms with E-state index >= 15 is 0 Å². The summed E-state index contributed by atoms with van der Waals surface area (Å²) >= 11 is 6.08. The second kappa shape index (κ2) is 7.24. The molecule has 2 aromatic rings. The number of primary amides is 1. The topological polar surface area (TPSA) is 114 Å². The predicted octanol–water partition coefficient (Wildman–Crippen LogP) is 1.69. The number of aromatic nitrogens is 2. The maximum atomic E-state index is 11.6. The summed E-state index contributed by atoms with van der Waals surface area (Å²) in [5.41, 5.74) is 6.02. The van der Waals surface area contributed by atoms with Crippen LogP contribution in [0.1, 0.15) is 11.1 Å². The molecule has 0 radical (unpaired) electrons. The Kier molecular flexibility index (Phi) is 5.12. The van der Waals surface area contributed by atoms with Crippen molar-refractivity contribution in [3.63, 3.8) is 0 Å². The molecule has 0 atom stereocenters. The van der Waals surface area contributed by atoms with Gasteiger partial charge in [-0.05, 0) is 17.7 Å². The molecule has 0 saturated heterocycles. The highest BCUT2D eigenvalue weighted by molar-refractivity contribution is 6.31. The SMILES string of the molecule is N#C/C(=C\c1cnn(Cc2ccccc2Cl)c1)C(=O)NC(N)=O. The van der Waals surface area contributed by atoms with Gasteiger partial charge in [0.1, 0.15) is 11.6 Å². The Morgan fingerprint density at radius 3 is 2.83 bits per heavy atom. The average Bonchev–Trinajstić information content (AvgIpc) is 2.93. The molecule has 0 aliphatic rings. The zero-order valence-electron chi connectivity index (χ0n) is 11.9. The minimum absolute atomic E-state index is 0.249. The summed E-state index contributed by atoms with van der Waals surface area (Å²) in [7, 11) is 0. The average molecular weight is 330 g/mol. The lowest BCUT2D eigenvalue weighted by atomic mass is 10.2. The lowest BCUT2D eigenvalue weighted by Crippen LogP contribution is -2.35. The van der Waals surface area contributed by atoms with Crippen LogP contribution in [0.3, 0.4) is 0 Å². The van der Waals surface area contributed by atoms with Crippen LogP contribution in [0.15, 0.2) is 42.2 Å². The Hall–Kier alpha value is -3.11. The quantitative estimate of drug-likeness (QED) is 0.656. The normalized spacial score (nSPS) is 10.9. The van der Waals surface area contributed by atoms with E-state index in [-0.39, 0.29) is 5.57 Å². The van der Waals surface area contributed by atoms with E-state index in [1.54, 1.807) is 23.0 Å². The smallest absolute Gasteiger partial charge is 0.319 e. The third-order valence-electron chi connectivity index (χ3n) is 2.86. The van der Waals surface area contributed by atoms with Crippen LogP contribution >= 0.6 is 11.6 Å². The van der Waals surface area contributed by atoms with Crippen molar-refractivity contribution in [3.8, 4) is 6.07 Å². The third kappa shape index (κ3) is 4.43. The largest absolute Gasteiger partial charge is 0.351 e. The number of hydrogen-bond acceptors (Lipinski definition) is 4. The number of hydrogen-bond donors (Lipinski definition) is 2. The molecule has 0 unspecified atom stereocenters. The summed E-state index contributed by atoms with van der Waals surface area (Å²) in [6.45, 7) is 0.447. The summed E-state index contributed by atoms with van der Waals surface area (Å²) in [5.74, 6) is -0.862. The maximum absolute atomic E-state index is 11.6. The fraction of sp³-hybridized carbons (Fsp3) is 0.0667. The highest BCUT2D eigenvalue weighted by atomic mass is 35.5. The first-order valence-electron chi connectivity index (χ1n) is 6.48. The van der Waals surface area contributed by atoms with E-state index in [4.69, 9.17) is 22.6 Å². The van der Waals surface area contributed by atoms with Crippen LogP contribution in [0, 0.1) is 11.3 Å². The van der Waals surface area contributed by atoms with Gasteiger partial charge in [0.05, 0.1) is 12.7 Å². The van der Waals surface area contributed by atoms with Crippen molar-refractivity contribution in [2.24, 2.45) is 5.73 Å². The third-order valence-corrected chi connectivity index (χ3v) is 3.22. The van der Waals surface area contributed by atoms with Crippen molar-refractivity contribution in [3.05, 3.63) is 58.4 Å². The van der Waals surface area contributed by atoms with Crippen molar-refractivity contribution in [2.45, 2.75) is 6.54 Å². The highest BCUT2D eigenvalue weighted by Gasteiger charge is 2.11. The number of nitrogens with one attached hydrogen (secondary N) is 1. The zero-order valence-corrected chi connectivity index (χ0v) is 12.6. The molecule has 1 aromatic carbocycles.